The highest BCUT2D eigenvalue weighted by atomic mass is 32.2. The lowest BCUT2D eigenvalue weighted by Gasteiger charge is -2.38. The fourth-order valence-corrected chi connectivity index (χ4v) is 2.75. The molecule has 2 atom stereocenters. The van der Waals surface area contributed by atoms with E-state index < -0.39 is 21.9 Å². The van der Waals surface area contributed by atoms with E-state index in [1.807, 2.05) is 13.8 Å². The summed E-state index contributed by atoms with van der Waals surface area (Å²) in [6.07, 6.45) is 0. The summed E-state index contributed by atoms with van der Waals surface area (Å²) < 4.78 is 23.0. The van der Waals surface area contributed by atoms with Gasteiger partial charge in [0.05, 0.1) is 5.75 Å². The molecule has 0 saturated carbocycles. The third-order valence-corrected chi connectivity index (χ3v) is 5.13. The zero-order valence-electron chi connectivity index (χ0n) is 11.8. The molecular formula is C12H22N2O4S. The van der Waals surface area contributed by atoms with Gasteiger partial charge in [0, 0.05) is 12.3 Å². The molecule has 1 N–H and O–H groups in total. The lowest BCUT2D eigenvalue weighted by atomic mass is 9.98. The van der Waals surface area contributed by atoms with Gasteiger partial charge in [-0.25, -0.2) is 8.42 Å². The second kappa shape index (κ2) is 5.90. The first-order chi connectivity index (χ1) is 8.69. The first-order valence-corrected chi connectivity index (χ1v) is 8.33. The number of carbonyl (C=O) groups excluding carboxylic acids is 2. The van der Waals surface area contributed by atoms with Crippen LogP contribution in [0.25, 0.3) is 0 Å². The maximum Gasteiger partial charge on any atom is 0.246 e. The third-order valence-electron chi connectivity index (χ3n) is 3.44. The van der Waals surface area contributed by atoms with Crippen LogP contribution < -0.4 is 5.32 Å². The van der Waals surface area contributed by atoms with Crippen LogP contribution in [0, 0.1) is 5.92 Å². The molecule has 0 radical (unpaired) electrons. The molecular weight excluding hydrogens is 268 g/mol. The Morgan fingerprint density at radius 2 is 1.89 bits per heavy atom. The second-order valence-electron chi connectivity index (χ2n) is 5.17. The van der Waals surface area contributed by atoms with Gasteiger partial charge in [-0.15, -0.1) is 0 Å². The molecule has 1 heterocycles. The van der Waals surface area contributed by atoms with Gasteiger partial charge in [0.15, 0.2) is 9.84 Å². The van der Waals surface area contributed by atoms with Gasteiger partial charge in [-0.2, -0.15) is 0 Å². The number of hydrogen-bond acceptors (Lipinski definition) is 4. The number of nitrogens with zero attached hydrogens (tertiary/aromatic N) is 1. The van der Waals surface area contributed by atoms with Crippen molar-refractivity contribution in [3.05, 3.63) is 0 Å². The molecule has 0 aromatic carbocycles. The Kier molecular flexibility index (Phi) is 4.95. The summed E-state index contributed by atoms with van der Waals surface area (Å²) in [7, 11) is -3.15. The summed E-state index contributed by atoms with van der Waals surface area (Å²) in [5.41, 5.74) is 0. The highest BCUT2D eigenvalue weighted by molar-refractivity contribution is 7.91. The van der Waals surface area contributed by atoms with Crippen molar-refractivity contribution < 1.29 is 18.0 Å². The van der Waals surface area contributed by atoms with E-state index >= 15 is 0 Å². The van der Waals surface area contributed by atoms with Crippen molar-refractivity contribution in [2.24, 2.45) is 5.92 Å². The van der Waals surface area contributed by atoms with Crippen LogP contribution in [0.2, 0.25) is 0 Å². The summed E-state index contributed by atoms with van der Waals surface area (Å²) in [6.45, 7) is 6.95. The lowest BCUT2D eigenvalue weighted by Crippen LogP contribution is -2.64. The van der Waals surface area contributed by atoms with E-state index in [0.717, 1.165) is 0 Å². The molecule has 0 aromatic heterocycles. The molecule has 1 aliphatic rings. The Bertz CT molecular complexity index is 458. The number of hydrogen-bond donors (Lipinski definition) is 1. The zero-order chi connectivity index (χ0) is 14.8. The summed E-state index contributed by atoms with van der Waals surface area (Å²) in [5.74, 6) is -0.504. The van der Waals surface area contributed by atoms with Crippen LogP contribution in [0.5, 0.6) is 0 Å². The van der Waals surface area contributed by atoms with E-state index in [0.29, 0.717) is 0 Å². The Morgan fingerprint density at radius 1 is 1.32 bits per heavy atom. The number of nitrogens with one attached hydrogen (secondary N) is 1. The predicted octanol–water partition coefficient (Wildman–Crippen LogP) is -0.207. The monoisotopic (exact) mass is 290 g/mol. The fourth-order valence-electron chi connectivity index (χ4n) is 1.98. The van der Waals surface area contributed by atoms with Gasteiger partial charge in [-0.3, -0.25) is 9.59 Å². The Balaban J connectivity index is 2.84. The van der Waals surface area contributed by atoms with Crippen molar-refractivity contribution in [1.29, 1.82) is 0 Å². The zero-order valence-corrected chi connectivity index (χ0v) is 12.7. The highest BCUT2D eigenvalue weighted by Crippen LogP contribution is 2.15. The molecule has 0 spiro atoms. The molecule has 6 nitrogen and oxygen atoms in total. The molecule has 2 unspecified atom stereocenters. The van der Waals surface area contributed by atoms with Crippen LogP contribution >= 0.6 is 0 Å². The minimum Gasteiger partial charge on any atom is -0.342 e. The van der Waals surface area contributed by atoms with E-state index in [9.17, 15) is 18.0 Å². The molecule has 7 heteroatoms. The molecule has 1 saturated heterocycles. The van der Waals surface area contributed by atoms with E-state index in [1.165, 1.54) is 4.90 Å². The number of amides is 2. The third kappa shape index (κ3) is 3.68. The molecule has 19 heavy (non-hydrogen) atoms. The SMILES string of the molecule is CCS(=O)(=O)CCN1C(=O)C(C(C)C)NC(=O)C1C. The largest absolute Gasteiger partial charge is 0.342 e. The molecule has 0 aliphatic carbocycles. The number of rotatable bonds is 5. The second-order valence-corrected chi connectivity index (χ2v) is 7.65. The first-order valence-electron chi connectivity index (χ1n) is 6.51. The first kappa shape index (κ1) is 15.9. The molecule has 1 aliphatic heterocycles. The lowest BCUT2D eigenvalue weighted by molar-refractivity contribution is -0.149. The van der Waals surface area contributed by atoms with E-state index in [1.54, 1.807) is 13.8 Å². The van der Waals surface area contributed by atoms with Crippen molar-refractivity contribution >= 4 is 21.7 Å². The molecule has 2 amide bonds. The van der Waals surface area contributed by atoms with Crippen LogP contribution in [0.1, 0.15) is 27.7 Å². The van der Waals surface area contributed by atoms with E-state index in [4.69, 9.17) is 0 Å². The van der Waals surface area contributed by atoms with Gasteiger partial charge in [0.25, 0.3) is 0 Å². The van der Waals surface area contributed by atoms with Crippen molar-refractivity contribution in [3.63, 3.8) is 0 Å². The maximum atomic E-state index is 12.2. The van der Waals surface area contributed by atoms with Gasteiger partial charge < -0.3 is 10.2 Å². The van der Waals surface area contributed by atoms with E-state index in [-0.39, 0.29) is 35.8 Å². The molecule has 1 rings (SSSR count). The standard InChI is InChI=1S/C12H22N2O4S/c1-5-19(17,18)7-6-14-9(4)11(15)13-10(8(2)3)12(14)16/h8-10H,5-7H2,1-4H3,(H,13,15). The van der Waals surface area contributed by atoms with Gasteiger partial charge in [-0.05, 0) is 12.8 Å². The summed E-state index contributed by atoms with van der Waals surface area (Å²) in [6, 6.07) is -1.18. The minimum atomic E-state index is -3.15. The highest BCUT2D eigenvalue weighted by Gasteiger charge is 2.39. The number of carbonyl (C=O) groups is 2. The fraction of sp³-hybridized carbons (Fsp3) is 0.833. The van der Waals surface area contributed by atoms with Crippen molar-refractivity contribution in [2.75, 3.05) is 18.1 Å². The quantitative estimate of drug-likeness (QED) is 0.759. The summed E-state index contributed by atoms with van der Waals surface area (Å²) >= 11 is 0. The van der Waals surface area contributed by atoms with Gasteiger partial charge in [0.1, 0.15) is 12.1 Å². The van der Waals surface area contributed by atoms with Crippen molar-refractivity contribution in [3.8, 4) is 0 Å². The average molecular weight is 290 g/mol. The number of piperazine rings is 1. The summed E-state index contributed by atoms with van der Waals surface area (Å²) in [5, 5.41) is 2.68. The van der Waals surface area contributed by atoms with Crippen molar-refractivity contribution in [2.45, 2.75) is 39.8 Å². The van der Waals surface area contributed by atoms with Gasteiger partial charge in [-0.1, -0.05) is 20.8 Å². The van der Waals surface area contributed by atoms with Crippen LogP contribution in [0.15, 0.2) is 0 Å². The smallest absolute Gasteiger partial charge is 0.246 e. The Hall–Kier alpha value is -1.11. The van der Waals surface area contributed by atoms with E-state index in [2.05, 4.69) is 5.32 Å². The predicted molar refractivity (Wildman–Crippen MR) is 72.3 cm³/mol. The molecule has 110 valence electrons. The molecule has 1 fully saturated rings. The Morgan fingerprint density at radius 3 is 2.37 bits per heavy atom. The van der Waals surface area contributed by atoms with Crippen LogP contribution in [-0.4, -0.2) is 55.3 Å². The van der Waals surface area contributed by atoms with Gasteiger partial charge in [0.2, 0.25) is 11.8 Å². The van der Waals surface area contributed by atoms with Crippen LogP contribution in [-0.2, 0) is 19.4 Å². The maximum absolute atomic E-state index is 12.2. The molecule has 0 bridgehead atoms. The average Bonchev–Trinajstić information content (AvgIpc) is 2.33. The summed E-state index contributed by atoms with van der Waals surface area (Å²) in [4.78, 5) is 25.4. The van der Waals surface area contributed by atoms with Crippen LogP contribution in [0.3, 0.4) is 0 Å². The Labute approximate surface area is 114 Å². The minimum absolute atomic E-state index is 0.0192. The molecule has 0 aromatic rings. The van der Waals surface area contributed by atoms with Crippen molar-refractivity contribution in [1.82, 2.24) is 10.2 Å². The number of sulfone groups is 1. The van der Waals surface area contributed by atoms with Gasteiger partial charge >= 0.3 is 0 Å². The van der Waals surface area contributed by atoms with Crippen LogP contribution in [0.4, 0.5) is 0 Å². The normalized spacial score (nSPS) is 24.8. The topological polar surface area (TPSA) is 83.6 Å².